The molecule has 0 spiro atoms. The molecule has 0 heterocycles. The van der Waals surface area contributed by atoms with Crippen molar-refractivity contribution in [1.82, 2.24) is 0 Å². The van der Waals surface area contributed by atoms with Crippen LogP contribution in [0.1, 0.15) is 6.92 Å². The van der Waals surface area contributed by atoms with E-state index < -0.39 is 13.9 Å². The highest BCUT2D eigenvalue weighted by Gasteiger charge is 2.23. The topological polar surface area (TPSA) is 83.5 Å². The third kappa shape index (κ3) is 7.87. The summed E-state index contributed by atoms with van der Waals surface area (Å²) in [6, 6.07) is 0. The van der Waals surface area contributed by atoms with Crippen LogP contribution in [0.4, 0.5) is 0 Å². The van der Waals surface area contributed by atoms with Crippen molar-refractivity contribution in [3.8, 4) is 0 Å². The van der Waals surface area contributed by atoms with E-state index in [1.54, 1.807) is 6.92 Å². The molecule has 15 heavy (non-hydrogen) atoms. The number of phosphoric ester groups is 1. The van der Waals surface area contributed by atoms with Gasteiger partial charge in [0.25, 0.3) is 0 Å². The highest BCUT2D eigenvalue weighted by atomic mass is 31.2. The maximum absolute atomic E-state index is 11.1. The lowest BCUT2D eigenvalue weighted by molar-refractivity contribution is -0.315. The molecule has 0 rings (SSSR count). The molecule has 0 saturated carbocycles. The summed E-state index contributed by atoms with van der Waals surface area (Å²) in [6.45, 7) is 1.70. The van der Waals surface area contributed by atoms with E-state index in [0.717, 1.165) is 0 Å². The summed E-state index contributed by atoms with van der Waals surface area (Å²) >= 11 is 0. The lowest BCUT2D eigenvalue weighted by atomic mass is 10.4. The highest BCUT2D eigenvalue weighted by molar-refractivity contribution is 7.47. The van der Waals surface area contributed by atoms with Gasteiger partial charge in [0.15, 0.2) is 0 Å². The maximum Gasteiger partial charge on any atom is 0.472 e. The molecule has 0 aromatic rings. The average Bonchev–Trinajstić information content (AvgIpc) is 2.15. The first-order valence-corrected chi connectivity index (χ1v) is 5.85. The van der Waals surface area contributed by atoms with Crippen LogP contribution < -0.4 is 0 Å². The van der Waals surface area contributed by atoms with Gasteiger partial charge in [-0.2, -0.15) is 0 Å². The Hall–Kier alpha value is -0.0100. The SMILES string of the molecule is CCOP(=O)(O)OCC(COC)OOC. The van der Waals surface area contributed by atoms with Gasteiger partial charge in [0, 0.05) is 7.11 Å². The second-order valence-electron chi connectivity index (χ2n) is 2.52. The molecular formula is C7H17O7P. The second-order valence-corrected chi connectivity index (χ2v) is 3.98. The quantitative estimate of drug-likeness (QED) is 0.363. The molecule has 1 N–H and O–H groups in total. The van der Waals surface area contributed by atoms with Gasteiger partial charge in [-0.1, -0.05) is 0 Å². The highest BCUT2D eigenvalue weighted by Crippen LogP contribution is 2.42. The van der Waals surface area contributed by atoms with Crippen molar-refractivity contribution in [1.29, 1.82) is 0 Å². The first-order chi connectivity index (χ1) is 7.05. The van der Waals surface area contributed by atoms with Crippen LogP contribution in [0.25, 0.3) is 0 Å². The van der Waals surface area contributed by atoms with Gasteiger partial charge >= 0.3 is 7.82 Å². The van der Waals surface area contributed by atoms with Crippen molar-refractivity contribution < 1.29 is 33.0 Å². The van der Waals surface area contributed by atoms with Gasteiger partial charge in [0.05, 0.1) is 26.9 Å². The molecule has 0 bridgehead atoms. The minimum atomic E-state index is -3.98. The minimum Gasteiger partial charge on any atom is -0.382 e. The van der Waals surface area contributed by atoms with Crippen molar-refractivity contribution in [3.05, 3.63) is 0 Å². The second kappa shape index (κ2) is 8.18. The summed E-state index contributed by atoms with van der Waals surface area (Å²) in [6.07, 6.45) is -0.582. The molecule has 0 fully saturated rings. The Morgan fingerprint density at radius 3 is 2.40 bits per heavy atom. The molecule has 0 aliphatic heterocycles. The van der Waals surface area contributed by atoms with Crippen LogP contribution in [0.5, 0.6) is 0 Å². The van der Waals surface area contributed by atoms with E-state index in [2.05, 4.69) is 13.9 Å². The van der Waals surface area contributed by atoms with Gasteiger partial charge in [-0.15, -0.1) is 0 Å². The first kappa shape index (κ1) is 15.0. The van der Waals surface area contributed by atoms with E-state index in [4.69, 9.17) is 14.5 Å². The number of hydrogen-bond acceptors (Lipinski definition) is 6. The van der Waals surface area contributed by atoms with Gasteiger partial charge in [-0.25, -0.2) is 14.3 Å². The number of rotatable bonds is 9. The van der Waals surface area contributed by atoms with Crippen LogP contribution in [0.15, 0.2) is 0 Å². The molecule has 92 valence electrons. The van der Waals surface area contributed by atoms with Gasteiger partial charge in [-0.05, 0) is 6.92 Å². The summed E-state index contributed by atoms with van der Waals surface area (Å²) in [5.41, 5.74) is 0. The summed E-state index contributed by atoms with van der Waals surface area (Å²) in [7, 11) is -1.20. The zero-order chi connectivity index (χ0) is 11.7. The van der Waals surface area contributed by atoms with Crippen molar-refractivity contribution >= 4 is 7.82 Å². The lowest BCUT2D eigenvalue weighted by Crippen LogP contribution is -2.24. The molecule has 8 heteroatoms. The van der Waals surface area contributed by atoms with E-state index >= 15 is 0 Å². The fraction of sp³-hybridized carbons (Fsp3) is 1.00. The number of ether oxygens (including phenoxy) is 1. The van der Waals surface area contributed by atoms with Crippen molar-refractivity contribution in [3.63, 3.8) is 0 Å². The van der Waals surface area contributed by atoms with Crippen molar-refractivity contribution in [2.45, 2.75) is 13.0 Å². The van der Waals surface area contributed by atoms with Gasteiger partial charge in [0.1, 0.15) is 6.10 Å². The predicted octanol–water partition coefficient (Wildman–Crippen LogP) is 0.733. The van der Waals surface area contributed by atoms with E-state index in [-0.39, 0.29) is 19.8 Å². The van der Waals surface area contributed by atoms with E-state index in [9.17, 15) is 4.57 Å². The molecule has 0 aromatic carbocycles. The Bertz CT molecular complexity index is 192. The molecule has 0 radical (unpaired) electrons. The van der Waals surface area contributed by atoms with Crippen LogP contribution >= 0.6 is 7.82 Å². The summed E-state index contributed by atoms with van der Waals surface area (Å²) < 4.78 is 25.0. The number of hydrogen-bond donors (Lipinski definition) is 1. The smallest absolute Gasteiger partial charge is 0.382 e. The Balaban J connectivity index is 3.91. The van der Waals surface area contributed by atoms with Crippen LogP contribution in [-0.2, 0) is 28.1 Å². The molecule has 0 saturated heterocycles. The van der Waals surface area contributed by atoms with Crippen LogP contribution in [0, 0.1) is 0 Å². The lowest BCUT2D eigenvalue weighted by Gasteiger charge is -2.16. The molecule has 0 aromatic heterocycles. The largest absolute Gasteiger partial charge is 0.472 e. The zero-order valence-corrected chi connectivity index (χ0v) is 9.94. The van der Waals surface area contributed by atoms with Gasteiger partial charge in [-0.3, -0.25) is 9.05 Å². The van der Waals surface area contributed by atoms with E-state index in [1.165, 1.54) is 14.2 Å². The Kier molecular flexibility index (Phi) is 8.17. The van der Waals surface area contributed by atoms with Crippen LogP contribution in [0.3, 0.4) is 0 Å². The fourth-order valence-electron chi connectivity index (χ4n) is 0.803. The van der Waals surface area contributed by atoms with E-state index in [0.29, 0.717) is 0 Å². The zero-order valence-electron chi connectivity index (χ0n) is 9.04. The molecule has 2 unspecified atom stereocenters. The van der Waals surface area contributed by atoms with Gasteiger partial charge < -0.3 is 9.63 Å². The fourth-order valence-corrected chi connectivity index (χ4v) is 1.56. The van der Waals surface area contributed by atoms with Crippen LogP contribution in [-0.4, -0.2) is 45.0 Å². The molecule has 0 amide bonds. The summed E-state index contributed by atoms with van der Waals surface area (Å²) in [4.78, 5) is 18.2. The Morgan fingerprint density at radius 2 is 1.93 bits per heavy atom. The summed E-state index contributed by atoms with van der Waals surface area (Å²) in [5.74, 6) is 0. The Morgan fingerprint density at radius 1 is 1.27 bits per heavy atom. The molecular weight excluding hydrogens is 227 g/mol. The predicted molar refractivity (Wildman–Crippen MR) is 51.2 cm³/mol. The third-order valence-electron chi connectivity index (χ3n) is 1.30. The normalized spacial score (nSPS) is 17.3. The summed E-state index contributed by atoms with van der Waals surface area (Å²) in [5, 5.41) is 0. The van der Waals surface area contributed by atoms with Crippen molar-refractivity contribution in [2.75, 3.05) is 34.0 Å². The molecule has 0 aliphatic carbocycles. The number of methoxy groups -OCH3 is 1. The monoisotopic (exact) mass is 244 g/mol. The molecule has 2 atom stereocenters. The first-order valence-electron chi connectivity index (χ1n) is 4.36. The number of phosphoric acid groups is 1. The Labute approximate surface area is 88.8 Å². The minimum absolute atomic E-state index is 0.0911. The average molecular weight is 244 g/mol. The van der Waals surface area contributed by atoms with Crippen LogP contribution in [0.2, 0.25) is 0 Å². The standard InChI is InChI=1S/C7H17O7P/c1-4-12-15(8,9)13-6-7(5-10-2)14-11-3/h7H,4-6H2,1-3H3,(H,8,9). The molecule has 7 nitrogen and oxygen atoms in total. The van der Waals surface area contributed by atoms with Gasteiger partial charge in [0.2, 0.25) is 0 Å². The third-order valence-corrected chi connectivity index (χ3v) is 2.36. The molecule has 0 aliphatic rings. The maximum atomic E-state index is 11.1. The van der Waals surface area contributed by atoms with Crippen molar-refractivity contribution in [2.24, 2.45) is 0 Å². The van der Waals surface area contributed by atoms with E-state index in [1.807, 2.05) is 0 Å².